The molecular formula is C17H29N3O. The molecule has 0 atom stereocenters. The van der Waals surface area contributed by atoms with Gasteiger partial charge in [0, 0.05) is 32.4 Å². The molecule has 4 heteroatoms. The van der Waals surface area contributed by atoms with Crippen molar-refractivity contribution in [1.82, 2.24) is 9.80 Å². The Hall–Kier alpha value is -1.55. The van der Waals surface area contributed by atoms with Crippen LogP contribution in [0.1, 0.15) is 29.8 Å². The summed E-state index contributed by atoms with van der Waals surface area (Å²) in [5, 5.41) is 3.12. The molecule has 0 radical (unpaired) electrons. The third-order valence-electron chi connectivity index (χ3n) is 3.36. The van der Waals surface area contributed by atoms with Gasteiger partial charge in [0.05, 0.1) is 5.56 Å². The molecule has 0 aliphatic carbocycles. The Kier molecular flexibility index (Phi) is 6.69. The quantitative estimate of drug-likeness (QED) is 0.839. The van der Waals surface area contributed by atoms with Crippen molar-refractivity contribution in [3.05, 3.63) is 29.3 Å². The summed E-state index contributed by atoms with van der Waals surface area (Å²) in [6.45, 7) is 8.71. The summed E-state index contributed by atoms with van der Waals surface area (Å²) in [6.07, 6.45) is 0. The van der Waals surface area contributed by atoms with Crippen LogP contribution in [-0.2, 0) is 0 Å². The number of nitrogens with one attached hydrogen (secondary N) is 1. The molecule has 1 amide bonds. The number of benzene rings is 1. The van der Waals surface area contributed by atoms with Crippen LogP contribution in [0.2, 0.25) is 0 Å². The van der Waals surface area contributed by atoms with Crippen LogP contribution in [0, 0.1) is 12.8 Å². The van der Waals surface area contributed by atoms with Crippen LogP contribution in [0.3, 0.4) is 0 Å². The molecule has 1 aromatic carbocycles. The molecular weight excluding hydrogens is 262 g/mol. The zero-order valence-electron chi connectivity index (χ0n) is 14.2. The second-order valence-corrected chi connectivity index (χ2v) is 6.25. The van der Waals surface area contributed by atoms with E-state index in [1.165, 1.54) is 0 Å². The van der Waals surface area contributed by atoms with Crippen LogP contribution >= 0.6 is 0 Å². The van der Waals surface area contributed by atoms with Gasteiger partial charge in [-0.3, -0.25) is 4.79 Å². The first-order chi connectivity index (χ1) is 9.85. The minimum Gasteiger partial charge on any atom is -0.387 e. The molecule has 4 nitrogen and oxygen atoms in total. The summed E-state index contributed by atoms with van der Waals surface area (Å²) in [6, 6.07) is 5.97. The molecule has 0 aliphatic heterocycles. The molecule has 1 N–H and O–H groups in total. The van der Waals surface area contributed by atoms with Gasteiger partial charge in [0.1, 0.15) is 0 Å². The molecule has 1 aromatic rings. The topological polar surface area (TPSA) is 35.6 Å². The fraction of sp³-hybridized carbons (Fsp3) is 0.588. The van der Waals surface area contributed by atoms with E-state index in [1.807, 2.05) is 51.2 Å². The van der Waals surface area contributed by atoms with Crippen LogP contribution in [0.25, 0.3) is 0 Å². The second kappa shape index (κ2) is 8.03. The zero-order chi connectivity index (χ0) is 16.0. The molecule has 0 heterocycles. The number of carbonyl (C=O) groups excluding carboxylic acids is 1. The van der Waals surface area contributed by atoms with Gasteiger partial charge < -0.3 is 15.1 Å². The average Bonchev–Trinajstić information content (AvgIpc) is 2.42. The molecule has 0 unspecified atom stereocenters. The van der Waals surface area contributed by atoms with E-state index in [4.69, 9.17) is 0 Å². The summed E-state index contributed by atoms with van der Waals surface area (Å²) in [7, 11) is 5.92. The molecule has 0 aromatic heterocycles. The summed E-state index contributed by atoms with van der Waals surface area (Å²) < 4.78 is 0. The Morgan fingerprint density at radius 1 is 1.24 bits per heavy atom. The summed E-state index contributed by atoms with van der Waals surface area (Å²) >= 11 is 0. The number of anilines is 1. The van der Waals surface area contributed by atoms with Gasteiger partial charge in [-0.1, -0.05) is 25.5 Å². The van der Waals surface area contributed by atoms with Crippen molar-refractivity contribution in [2.45, 2.75) is 20.8 Å². The maximum absolute atomic E-state index is 12.9. The maximum Gasteiger partial charge on any atom is 0.256 e. The lowest BCUT2D eigenvalue weighted by Crippen LogP contribution is -2.39. The van der Waals surface area contributed by atoms with Crippen LogP contribution in [0.15, 0.2) is 18.2 Å². The number of hydrogen-bond donors (Lipinski definition) is 1. The first-order valence-electron chi connectivity index (χ1n) is 7.57. The lowest BCUT2D eigenvalue weighted by molar-refractivity contribution is 0.0725. The van der Waals surface area contributed by atoms with Crippen LogP contribution in [0.5, 0.6) is 0 Å². The van der Waals surface area contributed by atoms with Gasteiger partial charge in [0.15, 0.2) is 0 Å². The molecule has 118 valence electrons. The minimum absolute atomic E-state index is 0.110. The first kappa shape index (κ1) is 17.5. The third kappa shape index (κ3) is 5.38. The number of rotatable bonds is 7. The van der Waals surface area contributed by atoms with Crippen molar-refractivity contribution in [2.75, 3.05) is 46.1 Å². The van der Waals surface area contributed by atoms with Gasteiger partial charge in [-0.25, -0.2) is 0 Å². The molecule has 0 spiro atoms. The lowest BCUT2D eigenvalue weighted by atomic mass is 10.1. The molecule has 0 saturated carbocycles. The Balaban J connectivity index is 3.00. The standard InChI is InChI=1S/C17H29N3O/c1-13(2)12-20(10-9-19(5)6)17(21)15-11-14(3)7-8-16(15)18-4/h7-8,11,13,18H,9-10,12H2,1-6H3. The number of likely N-dealkylation sites (N-methyl/N-ethyl adjacent to an activating group) is 1. The van der Waals surface area contributed by atoms with Crippen molar-refractivity contribution in [1.29, 1.82) is 0 Å². The predicted octanol–water partition coefficient (Wildman–Crippen LogP) is 2.70. The highest BCUT2D eigenvalue weighted by Crippen LogP contribution is 2.19. The van der Waals surface area contributed by atoms with Gasteiger partial charge >= 0.3 is 0 Å². The van der Waals surface area contributed by atoms with Gasteiger partial charge in [-0.05, 0) is 39.1 Å². The molecule has 0 fully saturated rings. The second-order valence-electron chi connectivity index (χ2n) is 6.25. The first-order valence-corrected chi connectivity index (χ1v) is 7.57. The van der Waals surface area contributed by atoms with E-state index in [1.54, 1.807) is 0 Å². The Labute approximate surface area is 129 Å². The fourth-order valence-electron chi connectivity index (χ4n) is 2.26. The van der Waals surface area contributed by atoms with Crippen molar-refractivity contribution >= 4 is 11.6 Å². The van der Waals surface area contributed by atoms with Crippen LogP contribution < -0.4 is 5.32 Å². The largest absolute Gasteiger partial charge is 0.387 e. The van der Waals surface area contributed by atoms with E-state index in [-0.39, 0.29) is 5.91 Å². The van der Waals surface area contributed by atoms with Crippen molar-refractivity contribution < 1.29 is 4.79 Å². The van der Waals surface area contributed by atoms with Gasteiger partial charge in [-0.15, -0.1) is 0 Å². The Morgan fingerprint density at radius 3 is 2.43 bits per heavy atom. The summed E-state index contributed by atoms with van der Waals surface area (Å²) in [5.41, 5.74) is 2.76. The van der Waals surface area contributed by atoms with Crippen molar-refractivity contribution in [2.24, 2.45) is 5.92 Å². The van der Waals surface area contributed by atoms with E-state index in [9.17, 15) is 4.79 Å². The molecule has 0 bridgehead atoms. The van der Waals surface area contributed by atoms with Crippen LogP contribution in [-0.4, -0.2) is 56.5 Å². The molecule has 21 heavy (non-hydrogen) atoms. The number of aryl methyl sites for hydroxylation is 1. The highest BCUT2D eigenvalue weighted by Gasteiger charge is 2.19. The smallest absolute Gasteiger partial charge is 0.256 e. The lowest BCUT2D eigenvalue weighted by Gasteiger charge is -2.27. The Bertz CT molecular complexity index is 469. The SMILES string of the molecule is CNc1ccc(C)cc1C(=O)N(CCN(C)C)CC(C)C. The minimum atomic E-state index is 0.110. The van der Waals surface area contributed by atoms with E-state index < -0.39 is 0 Å². The van der Waals surface area contributed by atoms with Crippen LogP contribution in [0.4, 0.5) is 5.69 Å². The average molecular weight is 291 g/mol. The number of amides is 1. The number of hydrogen-bond acceptors (Lipinski definition) is 3. The van der Waals surface area contributed by atoms with Gasteiger partial charge in [-0.2, -0.15) is 0 Å². The van der Waals surface area contributed by atoms with E-state index in [2.05, 4.69) is 24.1 Å². The summed E-state index contributed by atoms with van der Waals surface area (Å²) in [4.78, 5) is 17.0. The maximum atomic E-state index is 12.9. The number of nitrogens with zero attached hydrogens (tertiary/aromatic N) is 2. The molecule has 0 aliphatic rings. The van der Waals surface area contributed by atoms with E-state index in [0.29, 0.717) is 5.92 Å². The van der Waals surface area contributed by atoms with Gasteiger partial charge in [0.25, 0.3) is 5.91 Å². The Morgan fingerprint density at radius 2 is 1.90 bits per heavy atom. The van der Waals surface area contributed by atoms with Crippen molar-refractivity contribution in [3.8, 4) is 0 Å². The van der Waals surface area contributed by atoms with Crippen molar-refractivity contribution in [3.63, 3.8) is 0 Å². The predicted molar refractivity (Wildman–Crippen MR) is 90.0 cm³/mol. The zero-order valence-corrected chi connectivity index (χ0v) is 14.2. The number of carbonyl (C=O) groups is 1. The fourth-order valence-corrected chi connectivity index (χ4v) is 2.26. The molecule has 1 rings (SSSR count). The van der Waals surface area contributed by atoms with E-state index in [0.717, 1.165) is 36.4 Å². The third-order valence-corrected chi connectivity index (χ3v) is 3.36. The highest BCUT2D eigenvalue weighted by molar-refractivity contribution is 5.99. The normalized spacial score (nSPS) is 11.0. The monoisotopic (exact) mass is 291 g/mol. The molecule has 0 saturated heterocycles. The highest BCUT2D eigenvalue weighted by atomic mass is 16.2. The van der Waals surface area contributed by atoms with E-state index >= 15 is 0 Å². The van der Waals surface area contributed by atoms with Gasteiger partial charge in [0.2, 0.25) is 0 Å². The summed E-state index contributed by atoms with van der Waals surface area (Å²) in [5.74, 6) is 0.567.